The number of hydrazone groups is 1. The maximum Gasteiger partial charge on any atom is 0.304 e. The molecule has 3 aromatic rings. The molecule has 3 aromatic carbocycles. The third kappa shape index (κ3) is 4.01. The van der Waals surface area contributed by atoms with Gasteiger partial charge in [0.2, 0.25) is 12.3 Å². The number of nitrogens with zero attached hydrogens (tertiary/aromatic N) is 1. The highest BCUT2D eigenvalue weighted by Crippen LogP contribution is 2.25. The minimum absolute atomic E-state index is 0.242. The van der Waals surface area contributed by atoms with Gasteiger partial charge in [0, 0.05) is 16.7 Å². The van der Waals surface area contributed by atoms with Crippen molar-refractivity contribution in [2.75, 3.05) is 0 Å². The van der Waals surface area contributed by atoms with Gasteiger partial charge in [0.1, 0.15) is 0 Å². The first-order chi connectivity index (χ1) is 14.5. The van der Waals surface area contributed by atoms with Gasteiger partial charge in [0.25, 0.3) is 5.91 Å². The largest absolute Gasteiger partial charge is 0.334 e. The molecular formula is C25H24N3O2+. The van der Waals surface area contributed by atoms with Crippen molar-refractivity contribution in [1.29, 1.82) is 0 Å². The van der Waals surface area contributed by atoms with Crippen molar-refractivity contribution < 1.29 is 14.3 Å². The lowest BCUT2D eigenvalue weighted by molar-refractivity contribution is -0.596. The lowest BCUT2D eigenvalue weighted by Crippen LogP contribution is -2.42. The number of carbonyl (C=O) groups is 2. The zero-order valence-electron chi connectivity index (χ0n) is 17.0. The Bertz CT molecular complexity index is 1100. The molecule has 150 valence electrons. The van der Waals surface area contributed by atoms with Gasteiger partial charge in [-0.15, -0.1) is 10.1 Å². The molecule has 0 bridgehead atoms. The van der Waals surface area contributed by atoms with E-state index in [0.717, 1.165) is 22.3 Å². The summed E-state index contributed by atoms with van der Waals surface area (Å²) in [6.07, 6.45) is 1.92. The number of rotatable bonds is 4. The van der Waals surface area contributed by atoms with Crippen LogP contribution < -0.4 is 10.7 Å². The smallest absolute Gasteiger partial charge is 0.304 e. The van der Waals surface area contributed by atoms with Crippen LogP contribution in [-0.2, 0) is 4.79 Å². The monoisotopic (exact) mass is 398 g/mol. The zero-order valence-corrected chi connectivity index (χ0v) is 17.0. The van der Waals surface area contributed by atoms with Gasteiger partial charge in [-0.05, 0) is 37.6 Å². The highest BCUT2D eigenvalue weighted by atomic mass is 16.2. The first kappa shape index (κ1) is 19.6. The number of benzene rings is 3. The summed E-state index contributed by atoms with van der Waals surface area (Å²) >= 11 is 0. The van der Waals surface area contributed by atoms with E-state index >= 15 is 0 Å². The molecule has 2 atom stereocenters. The average Bonchev–Trinajstić information content (AvgIpc) is 3.05. The fraction of sp³-hybridized carbons (Fsp3) is 0.160. The maximum atomic E-state index is 12.9. The molecular weight excluding hydrogens is 374 g/mol. The van der Waals surface area contributed by atoms with Gasteiger partial charge in [-0.2, -0.15) is 0 Å². The second-order valence-corrected chi connectivity index (χ2v) is 7.54. The van der Waals surface area contributed by atoms with Crippen molar-refractivity contribution in [3.8, 4) is 0 Å². The third-order valence-electron chi connectivity index (χ3n) is 5.35. The van der Waals surface area contributed by atoms with Crippen LogP contribution in [0.3, 0.4) is 0 Å². The van der Waals surface area contributed by atoms with Gasteiger partial charge in [-0.25, -0.2) is 0 Å². The first-order valence-corrected chi connectivity index (χ1v) is 9.95. The zero-order chi connectivity index (χ0) is 21.1. The van der Waals surface area contributed by atoms with Crippen molar-refractivity contribution in [3.05, 3.63) is 107 Å². The van der Waals surface area contributed by atoms with Crippen LogP contribution in [0.15, 0.2) is 78.9 Å². The number of hydrogen-bond donors (Lipinski definition) is 2. The molecule has 0 aliphatic carbocycles. The summed E-state index contributed by atoms with van der Waals surface area (Å²) in [7, 11) is 0. The predicted octanol–water partition coefficient (Wildman–Crippen LogP) is 3.32. The predicted molar refractivity (Wildman–Crippen MR) is 116 cm³/mol. The number of carbonyl (C=O) groups excluding carboxylic acids is 2. The molecule has 1 fully saturated rings. The Labute approximate surface area is 176 Å². The van der Waals surface area contributed by atoms with Crippen LogP contribution in [0.25, 0.3) is 0 Å². The van der Waals surface area contributed by atoms with Gasteiger partial charge in [0.05, 0.1) is 0 Å². The van der Waals surface area contributed by atoms with E-state index in [1.165, 1.54) is 0 Å². The van der Waals surface area contributed by atoms with Gasteiger partial charge < -0.3 is 5.32 Å². The van der Waals surface area contributed by atoms with Crippen molar-refractivity contribution in [2.45, 2.75) is 25.9 Å². The Morgan fingerprint density at radius 3 is 2.30 bits per heavy atom. The SMILES string of the molecule is Cc1ccc(C(=O)N[C@H]2C(=O)N/[N+](=C\c3ccccc3C)[C@H]2c2ccccc2)cc1. The maximum absolute atomic E-state index is 12.9. The Morgan fingerprint density at radius 1 is 0.933 bits per heavy atom. The fourth-order valence-corrected chi connectivity index (χ4v) is 3.64. The summed E-state index contributed by atoms with van der Waals surface area (Å²) in [5.41, 5.74) is 7.57. The topological polar surface area (TPSA) is 61.2 Å². The molecule has 1 aliphatic rings. The van der Waals surface area contributed by atoms with E-state index in [1.54, 1.807) is 16.8 Å². The van der Waals surface area contributed by atoms with Crippen LogP contribution in [0.2, 0.25) is 0 Å². The molecule has 1 heterocycles. The molecule has 0 radical (unpaired) electrons. The second kappa shape index (κ2) is 8.33. The molecule has 5 heteroatoms. The van der Waals surface area contributed by atoms with Crippen LogP contribution in [0, 0.1) is 13.8 Å². The van der Waals surface area contributed by atoms with Gasteiger partial charge >= 0.3 is 5.91 Å². The summed E-state index contributed by atoms with van der Waals surface area (Å²) in [5.74, 6) is -0.511. The molecule has 0 unspecified atom stereocenters. The third-order valence-corrected chi connectivity index (χ3v) is 5.35. The van der Waals surface area contributed by atoms with E-state index in [-0.39, 0.29) is 17.9 Å². The number of nitrogens with one attached hydrogen (secondary N) is 2. The molecule has 0 spiro atoms. The minimum Gasteiger partial charge on any atom is -0.334 e. The normalized spacial score (nSPS) is 19.5. The first-order valence-electron chi connectivity index (χ1n) is 9.95. The number of hydrogen-bond acceptors (Lipinski definition) is 2. The highest BCUT2D eigenvalue weighted by molar-refractivity contribution is 5.98. The lowest BCUT2D eigenvalue weighted by atomic mass is 9.99. The highest BCUT2D eigenvalue weighted by Gasteiger charge is 2.47. The molecule has 1 aliphatic heterocycles. The molecule has 30 heavy (non-hydrogen) atoms. The summed E-state index contributed by atoms with van der Waals surface area (Å²) in [6, 6.07) is 23.9. The quantitative estimate of drug-likeness (QED) is 0.663. The molecule has 2 amide bonds. The average molecular weight is 398 g/mol. The molecule has 4 rings (SSSR count). The summed E-state index contributed by atoms with van der Waals surface area (Å²) in [5, 5.41) is 2.93. The van der Waals surface area contributed by atoms with Crippen molar-refractivity contribution >= 4 is 18.0 Å². The molecule has 0 aromatic heterocycles. The van der Waals surface area contributed by atoms with E-state index in [1.807, 2.05) is 86.8 Å². The van der Waals surface area contributed by atoms with Gasteiger partial charge in [-0.3, -0.25) is 9.59 Å². The molecule has 1 saturated heterocycles. The molecule has 5 nitrogen and oxygen atoms in total. The number of aryl methyl sites for hydroxylation is 2. The van der Waals surface area contributed by atoms with E-state index in [9.17, 15) is 9.59 Å². The van der Waals surface area contributed by atoms with Crippen molar-refractivity contribution in [3.63, 3.8) is 0 Å². The van der Waals surface area contributed by atoms with Crippen LogP contribution in [0.5, 0.6) is 0 Å². The van der Waals surface area contributed by atoms with Crippen molar-refractivity contribution in [1.82, 2.24) is 10.7 Å². The Balaban J connectivity index is 1.70. The summed E-state index contributed by atoms with van der Waals surface area (Å²) in [6.45, 7) is 3.99. The van der Waals surface area contributed by atoms with E-state index in [4.69, 9.17) is 0 Å². The fourth-order valence-electron chi connectivity index (χ4n) is 3.64. The molecule has 2 N–H and O–H groups in total. The lowest BCUT2D eigenvalue weighted by Gasteiger charge is -2.15. The van der Waals surface area contributed by atoms with Crippen LogP contribution in [0.4, 0.5) is 0 Å². The van der Waals surface area contributed by atoms with Gasteiger partial charge in [0.15, 0.2) is 6.04 Å². The van der Waals surface area contributed by atoms with Crippen molar-refractivity contribution in [2.24, 2.45) is 0 Å². The number of hydrazine groups is 1. The molecule has 0 saturated carbocycles. The van der Waals surface area contributed by atoms with E-state index in [2.05, 4.69) is 10.7 Å². The standard InChI is InChI=1S/C25H23N3O2/c1-17-12-14-20(15-13-17)24(29)26-22-23(19-9-4-3-5-10-19)28(27-25(22)30)16-21-11-7-6-8-18(21)2/h3-16,22-23H,1-2H3,(H-,26,27,29,30)/p+1/b28-16-/t22-,23+/m1/s1. The van der Waals surface area contributed by atoms with E-state index in [0.29, 0.717) is 5.56 Å². The Morgan fingerprint density at radius 2 is 1.60 bits per heavy atom. The van der Waals surface area contributed by atoms with E-state index < -0.39 is 6.04 Å². The van der Waals surface area contributed by atoms with Gasteiger partial charge in [-0.1, -0.05) is 66.2 Å². The van der Waals surface area contributed by atoms with Crippen LogP contribution >= 0.6 is 0 Å². The summed E-state index contributed by atoms with van der Waals surface area (Å²) in [4.78, 5) is 25.7. The Kier molecular flexibility index (Phi) is 5.44. The Hall–Kier alpha value is -3.73. The summed E-state index contributed by atoms with van der Waals surface area (Å²) < 4.78 is 1.79. The second-order valence-electron chi connectivity index (χ2n) is 7.54. The van der Waals surface area contributed by atoms with Crippen LogP contribution in [0.1, 0.15) is 38.7 Å². The minimum atomic E-state index is -0.721. The van der Waals surface area contributed by atoms with Crippen LogP contribution in [-0.4, -0.2) is 28.8 Å². The number of amides is 2.